The number of carbonyl (C=O) groups is 3. The molecule has 0 aliphatic carbocycles. The zero-order chi connectivity index (χ0) is 25.3. The fourth-order valence-corrected chi connectivity index (χ4v) is 5.52. The standard InChI is InChI=1S/C28H36N4O3/c1-18-5-8-23(9-6-18)32(27(34)17-30-13-11-22(12-14-30)28(29)35)26-16-20(3)31(21(4)33)25-10-7-19(2)15-24(25)26/h5-10,15,20,22,26H,11-14,16-17H2,1-4H3,(H2,29,35)/t20-,26+/m0/s1. The molecule has 2 atom stereocenters. The largest absolute Gasteiger partial charge is 0.369 e. The van der Waals surface area contributed by atoms with Crippen molar-refractivity contribution in [1.82, 2.24) is 4.90 Å². The highest BCUT2D eigenvalue weighted by Gasteiger charge is 2.38. The molecule has 186 valence electrons. The number of hydrogen-bond donors (Lipinski definition) is 1. The van der Waals surface area contributed by atoms with Gasteiger partial charge in [-0.1, -0.05) is 35.4 Å². The Morgan fingerprint density at radius 3 is 2.23 bits per heavy atom. The number of aryl methyl sites for hydroxylation is 2. The number of amides is 3. The highest BCUT2D eigenvalue weighted by atomic mass is 16.2. The Morgan fingerprint density at radius 1 is 1.00 bits per heavy atom. The number of fused-ring (bicyclic) bond motifs is 1. The van der Waals surface area contributed by atoms with E-state index in [-0.39, 0.29) is 42.3 Å². The lowest BCUT2D eigenvalue weighted by molar-refractivity contribution is -0.123. The Bertz CT molecular complexity index is 1110. The molecular formula is C28H36N4O3. The number of carbonyl (C=O) groups excluding carboxylic acids is 3. The molecule has 2 aliphatic rings. The van der Waals surface area contributed by atoms with E-state index in [1.54, 1.807) is 6.92 Å². The SMILES string of the molecule is CC(=O)N1c2ccc(C)cc2[C@H](N(C(=O)CN2CCC(C(N)=O)CC2)c2ccc(C)cc2)C[C@@H]1C. The quantitative estimate of drug-likeness (QED) is 0.713. The van der Waals surface area contributed by atoms with Gasteiger partial charge < -0.3 is 15.5 Å². The molecule has 4 rings (SSSR count). The first-order valence-corrected chi connectivity index (χ1v) is 12.5. The first-order valence-electron chi connectivity index (χ1n) is 12.5. The van der Waals surface area contributed by atoms with E-state index in [1.165, 1.54) is 0 Å². The van der Waals surface area contributed by atoms with E-state index < -0.39 is 0 Å². The third kappa shape index (κ3) is 5.25. The predicted octanol–water partition coefficient (Wildman–Crippen LogP) is 3.72. The molecule has 2 aromatic carbocycles. The number of nitrogens with zero attached hydrogens (tertiary/aromatic N) is 3. The second-order valence-corrected chi connectivity index (χ2v) is 10.1. The number of likely N-dealkylation sites (tertiary alicyclic amines) is 1. The predicted molar refractivity (Wildman–Crippen MR) is 138 cm³/mol. The van der Waals surface area contributed by atoms with Gasteiger partial charge in [-0.05, 0) is 76.9 Å². The molecule has 3 amide bonds. The van der Waals surface area contributed by atoms with Crippen LogP contribution in [0.2, 0.25) is 0 Å². The lowest BCUT2D eigenvalue weighted by atomic mass is 9.88. The van der Waals surface area contributed by atoms with Crippen molar-refractivity contribution in [1.29, 1.82) is 0 Å². The van der Waals surface area contributed by atoms with Crippen molar-refractivity contribution in [2.45, 2.75) is 59.0 Å². The van der Waals surface area contributed by atoms with E-state index in [9.17, 15) is 14.4 Å². The van der Waals surface area contributed by atoms with E-state index in [0.29, 0.717) is 32.4 Å². The van der Waals surface area contributed by atoms with E-state index in [0.717, 1.165) is 28.1 Å². The third-order valence-electron chi connectivity index (χ3n) is 7.39. The van der Waals surface area contributed by atoms with Crippen LogP contribution in [0.4, 0.5) is 11.4 Å². The van der Waals surface area contributed by atoms with Gasteiger partial charge in [-0.3, -0.25) is 19.3 Å². The molecule has 7 heteroatoms. The molecule has 7 nitrogen and oxygen atoms in total. The molecule has 0 radical (unpaired) electrons. The average Bonchev–Trinajstić information content (AvgIpc) is 2.81. The number of benzene rings is 2. The molecule has 35 heavy (non-hydrogen) atoms. The molecule has 2 heterocycles. The first-order chi connectivity index (χ1) is 16.7. The minimum absolute atomic E-state index is 0.00610. The van der Waals surface area contributed by atoms with Crippen molar-refractivity contribution in [3.8, 4) is 0 Å². The number of nitrogens with two attached hydrogens (primary N) is 1. The van der Waals surface area contributed by atoms with Gasteiger partial charge in [0.25, 0.3) is 0 Å². The summed E-state index contributed by atoms with van der Waals surface area (Å²) >= 11 is 0. The molecular weight excluding hydrogens is 440 g/mol. The monoisotopic (exact) mass is 476 g/mol. The maximum absolute atomic E-state index is 13.9. The third-order valence-corrected chi connectivity index (χ3v) is 7.39. The lowest BCUT2D eigenvalue weighted by Gasteiger charge is -2.44. The molecule has 1 saturated heterocycles. The van der Waals surface area contributed by atoms with Gasteiger partial charge >= 0.3 is 0 Å². The van der Waals surface area contributed by atoms with Crippen molar-refractivity contribution < 1.29 is 14.4 Å². The zero-order valence-electron chi connectivity index (χ0n) is 21.2. The van der Waals surface area contributed by atoms with Gasteiger partial charge in [-0.2, -0.15) is 0 Å². The van der Waals surface area contributed by atoms with E-state index in [4.69, 9.17) is 5.73 Å². The maximum Gasteiger partial charge on any atom is 0.241 e. The van der Waals surface area contributed by atoms with Crippen molar-refractivity contribution in [2.24, 2.45) is 11.7 Å². The van der Waals surface area contributed by atoms with Crippen LogP contribution < -0.4 is 15.5 Å². The summed E-state index contributed by atoms with van der Waals surface area (Å²) in [6.07, 6.45) is 2.02. The number of anilines is 2. The Balaban J connectivity index is 1.69. The fraction of sp³-hybridized carbons (Fsp3) is 0.464. The summed E-state index contributed by atoms with van der Waals surface area (Å²) in [5.74, 6) is -0.337. The van der Waals surface area contributed by atoms with E-state index >= 15 is 0 Å². The molecule has 0 saturated carbocycles. The molecule has 2 aliphatic heterocycles. The molecule has 2 N–H and O–H groups in total. The molecule has 0 spiro atoms. The summed E-state index contributed by atoms with van der Waals surface area (Å²) in [4.78, 5) is 43.9. The normalized spacial score (nSPS) is 20.9. The summed E-state index contributed by atoms with van der Waals surface area (Å²) in [5.41, 5.74) is 10.4. The summed E-state index contributed by atoms with van der Waals surface area (Å²) in [7, 11) is 0. The molecule has 0 aromatic heterocycles. The van der Waals surface area contributed by atoms with Gasteiger partial charge in [-0.25, -0.2) is 0 Å². The Labute approximate surface area is 207 Å². The minimum Gasteiger partial charge on any atom is -0.369 e. The lowest BCUT2D eigenvalue weighted by Crippen LogP contribution is -2.50. The van der Waals surface area contributed by atoms with E-state index in [2.05, 4.69) is 11.0 Å². The zero-order valence-corrected chi connectivity index (χ0v) is 21.2. The number of rotatable bonds is 5. The van der Waals surface area contributed by atoms with Gasteiger partial charge in [-0.15, -0.1) is 0 Å². The number of hydrogen-bond acceptors (Lipinski definition) is 4. The van der Waals surface area contributed by atoms with Crippen molar-refractivity contribution in [2.75, 3.05) is 29.4 Å². The van der Waals surface area contributed by atoms with E-state index in [1.807, 2.05) is 67.0 Å². The van der Waals surface area contributed by atoms with Crippen molar-refractivity contribution in [3.63, 3.8) is 0 Å². The van der Waals surface area contributed by atoms with Crippen LogP contribution in [-0.2, 0) is 14.4 Å². The minimum atomic E-state index is -0.254. The average molecular weight is 477 g/mol. The molecule has 2 aromatic rings. The second-order valence-electron chi connectivity index (χ2n) is 10.1. The molecule has 0 unspecified atom stereocenters. The summed E-state index contributed by atoms with van der Waals surface area (Å²) < 4.78 is 0. The second kappa shape index (κ2) is 10.2. The topological polar surface area (TPSA) is 87.0 Å². The van der Waals surface area contributed by atoms with Crippen LogP contribution in [0.5, 0.6) is 0 Å². The van der Waals surface area contributed by atoms with Gasteiger partial charge in [0.15, 0.2) is 0 Å². The van der Waals surface area contributed by atoms with Crippen LogP contribution in [0.1, 0.15) is 55.8 Å². The smallest absolute Gasteiger partial charge is 0.241 e. The number of primary amides is 1. The highest BCUT2D eigenvalue weighted by molar-refractivity contribution is 5.98. The van der Waals surface area contributed by atoms with Gasteiger partial charge in [0.2, 0.25) is 17.7 Å². The Hall–Kier alpha value is -3.19. The summed E-state index contributed by atoms with van der Waals surface area (Å²) in [5, 5.41) is 0. The van der Waals surface area contributed by atoms with Crippen LogP contribution in [-0.4, -0.2) is 48.3 Å². The van der Waals surface area contributed by atoms with Crippen LogP contribution in [0, 0.1) is 19.8 Å². The Kier molecular flexibility index (Phi) is 7.26. The Morgan fingerprint density at radius 2 is 1.63 bits per heavy atom. The van der Waals surface area contributed by atoms with Crippen LogP contribution in [0.25, 0.3) is 0 Å². The van der Waals surface area contributed by atoms with Crippen LogP contribution in [0.15, 0.2) is 42.5 Å². The van der Waals surface area contributed by atoms with Crippen molar-refractivity contribution in [3.05, 3.63) is 59.2 Å². The molecule has 0 bridgehead atoms. The fourth-order valence-electron chi connectivity index (χ4n) is 5.52. The maximum atomic E-state index is 13.9. The van der Waals surface area contributed by atoms with Gasteiger partial charge in [0, 0.05) is 30.3 Å². The van der Waals surface area contributed by atoms with Crippen LogP contribution in [0.3, 0.4) is 0 Å². The number of piperidine rings is 1. The summed E-state index contributed by atoms with van der Waals surface area (Å²) in [6.45, 7) is 9.34. The highest BCUT2D eigenvalue weighted by Crippen LogP contribution is 2.43. The van der Waals surface area contributed by atoms with Crippen LogP contribution >= 0.6 is 0 Å². The first kappa shape index (κ1) is 24.9. The molecule has 1 fully saturated rings. The van der Waals surface area contributed by atoms with Crippen molar-refractivity contribution >= 4 is 29.1 Å². The van der Waals surface area contributed by atoms with Gasteiger partial charge in [0.05, 0.1) is 12.6 Å². The summed E-state index contributed by atoms with van der Waals surface area (Å²) in [6, 6.07) is 14.0. The van der Waals surface area contributed by atoms with Gasteiger partial charge in [0.1, 0.15) is 0 Å².